The molecule has 75 heavy (non-hydrogen) atoms. The van der Waals surface area contributed by atoms with Crippen molar-refractivity contribution in [1.29, 1.82) is 0 Å². The number of halogens is 6. The molecule has 1 aromatic heterocycles. The second-order valence-corrected chi connectivity index (χ2v) is 15.2. The van der Waals surface area contributed by atoms with Gasteiger partial charge in [0, 0.05) is 11.9 Å². The van der Waals surface area contributed by atoms with Crippen LogP contribution in [0.25, 0.3) is 17.0 Å². The van der Waals surface area contributed by atoms with E-state index in [1.807, 2.05) is 16.0 Å². The first-order chi connectivity index (χ1) is 35.1. The highest BCUT2D eigenvalue weighted by Gasteiger charge is 2.40. The third kappa shape index (κ3) is 16.6. The lowest BCUT2D eigenvalue weighted by Gasteiger charge is -2.31. The van der Waals surface area contributed by atoms with E-state index in [9.17, 15) is 60.2 Å². The second kappa shape index (κ2) is 24.9. The number of carbonyl (C=O) groups is 6. The number of pyridine rings is 1. The minimum atomic E-state index is -5.36. The number of aliphatic hydroxyl groups is 1. The lowest BCUT2D eigenvalue weighted by Crippen LogP contribution is -2.58. The molecule has 0 aliphatic rings. The zero-order valence-electron chi connectivity index (χ0n) is 38.5. The molecule has 33 heteroatoms. The summed E-state index contributed by atoms with van der Waals surface area (Å²) in [5.41, 5.74) is 43.7. The number of hydrogen-bond acceptors (Lipinski definition) is 13. The molecule has 0 saturated carbocycles. The van der Waals surface area contributed by atoms with Crippen molar-refractivity contribution in [3.05, 3.63) is 113 Å². The van der Waals surface area contributed by atoms with Gasteiger partial charge in [0.15, 0.2) is 23.8 Å². The number of nitrogens with one attached hydrogen (secondary N) is 5. The van der Waals surface area contributed by atoms with E-state index in [-0.39, 0.29) is 5.56 Å². The van der Waals surface area contributed by atoms with Gasteiger partial charge in [-0.3, -0.25) is 28.8 Å². The Morgan fingerprint density at radius 2 is 1.03 bits per heavy atom. The van der Waals surface area contributed by atoms with Crippen molar-refractivity contribution >= 4 is 81.9 Å². The Labute approximate surface area is 418 Å². The van der Waals surface area contributed by atoms with Gasteiger partial charge in [0.2, 0.25) is 36.8 Å². The van der Waals surface area contributed by atoms with Gasteiger partial charge in [-0.15, -0.1) is 0 Å². The van der Waals surface area contributed by atoms with Gasteiger partial charge in [-0.1, -0.05) is 84.9 Å². The number of alkyl halides is 6. The number of primary amides is 1. The van der Waals surface area contributed by atoms with E-state index in [4.69, 9.17) is 51.6 Å². The Morgan fingerprint density at radius 1 is 0.573 bits per heavy atom. The molecule has 400 valence electrons. The molecule has 6 unspecified atom stereocenters. The first-order valence-corrected chi connectivity index (χ1v) is 21.0. The molecule has 0 fully saturated rings. The molecule has 1 heterocycles. The van der Waals surface area contributed by atoms with Gasteiger partial charge in [0.25, 0.3) is 29.5 Å². The molecule has 0 saturated heterocycles. The number of nitrogens with two attached hydrogens (primary N) is 9. The highest BCUT2D eigenvalue weighted by atomic mass is 19.4. The fourth-order valence-corrected chi connectivity index (χ4v) is 6.43. The number of para-hydroxylation sites is 1. The maximum atomic E-state index is 14.4. The highest BCUT2D eigenvalue weighted by molar-refractivity contribution is 6.00. The third-order valence-electron chi connectivity index (χ3n) is 9.59. The zero-order valence-corrected chi connectivity index (χ0v) is 38.5. The van der Waals surface area contributed by atoms with Crippen molar-refractivity contribution in [2.45, 2.75) is 49.3 Å². The van der Waals surface area contributed by atoms with Gasteiger partial charge in [-0.2, -0.15) is 26.3 Å². The largest absolute Gasteiger partial charge is 0.433 e. The van der Waals surface area contributed by atoms with E-state index in [0.29, 0.717) is 22.6 Å². The summed E-state index contributed by atoms with van der Waals surface area (Å²) in [4.78, 5) is 98.9. The minimum absolute atomic E-state index is 0.0984. The summed E-state index contributed by atoms with van der Waals surface area (Å²) in [5.74, 6) is -11.9. The van der Waals surface area contributed by atoms with E-state index in [2.05, 4.69) is 35.6 Å². The van der Waals surface area contributed by atoms with Crippen molar-refractivity contribution in [2.75, 3.05) is 11.4 Å². The number of aliphatic imine (C=N–C) groups is 4. The predicted octanol–water partition coefficient (Wildman–Crippen LogP) is -3.68. The molecular weight excluding hydrogens is 1010 g/mol. The van der Waals surface area contributed by atoms with Crippen LogP contribution in [0.4, 0.5) is 32.0 Å². The number of amides is 6. The molecular formula is C42H48F6N20O7. The third-order valence-corrected chi connectivity index (χ3v) is 9.59. The predicted molar refractivity (Wildman–Crippen MR) is 258 cm³/mol. The van der Waals surface area contributed by atoms with Crippen LogP contribution in [0.5, 0.6) is 0 Å². The topological polar surface area (TPSA) is 483 Å². The molecule has 0 aliphatic heterocycles. The maximum absolute atomic E-state index is 14.4. The summed E-state index contributed by atoms with van der Waals surface area (Å²) < 4.78 is 85.9. The fraction of sp³-hybridized carbons (Fsp3) is 0.214. The number of aromatic nitrogens is 1. The zero-order chi connectivity index (χ0) is 55.9. The Morgan fingerprint density at radius 3 is 1.48 bits per heavy atom. The first kappa shape index (κ1) is 57.6. The Kier molecular flexibility index (Phi) is 19.2. The van der Waals surface area contributed by atoms with Gasteiger partial charge in [0.1, 0.15) is 11.7 Å². The number of benzene rings is 3. The van der Waals surface area contributed by atoms with Crippen LogP contribution in [0.15, 0.2) is 111 Å². The first-order valence-electron chi connectivity index (χ1n) is 21.0. The van der Waals surface area contributed by atoms with Gasteiger partial charge in [-0.05, 0) is 23.3 Å². The molecule has 6 amide bonds. The minimum Gasteiger partial charge on any atom is -0.370 e. The number of guanidine groups is 4. The smallest absolute Gasteiger partial charge is 0.370 e. The van der Waals surface area contributed by atoms with Crippen LogP contribution in [0.2, 0.25) is 0 Å². The summed E-state index contributed by atoms with van der Waals surface area (Å²) in [5, 5.41) is 21.4. The van der Waals surface area contributed by atoms with E-state index in [1.165, 1.54) is 42.5 Å². The summed E-state index contributed by atoms with van der Waals surface area (Å²) in [6.45, 7) is -0.668. The van der Waals surface area contributed by atoms with Crippen LogP contribution < -0.4 is 83.1 Å². The summed E-state index contributed by atoms with van der Waals surface area (Å²) in [7, 11) is 0. The fourth-order valence-electron chi connectivity index (χ4n) is 6.43. The van der Waals surface area contributed by atoms with Gasteiger partial charge in [-0.25, -0.2) is 25.0 Å². The SMILES string of the molecule is NC(=O)C(N=C(N)N)NC(=O)C(N=C(N)N)NC(=O)C(N=C(N)N)NC(=O)C(N=C(N)N)NC(=O)C(NC(=O)C(O)N(C/C=C\c1ccccc1)c1cc(C(F)(F)F)nc2c(C(F)(F)F)cccc12)c1ccccc1. The number of nitrogens with zero attached hydrogens (tertiary/aromatic N) is 6. The molecule has 27 nitrogen and oxygen atoms in total. The molecule has 0 spiro atoms. The number of rotatable bonds is 21. The number of hydrogen-bond donors (Lipinski definition) is 15. The summed E-state index contributed by atoms with van der Waals surface area (Å²) in [6.07, 6.45) is -19.2. The van der Waals surface area contributed by atoms with Crippen LogP contribution >= 0.6 is 0 Å². The molecule has 4 rings (SSSR count). The van der Waals surface area contributed by atoms with Gasteiger partial charge < -0.3 is 88.2 Å². The van der Waals surface area contributed by atoms with Gasteiger partial charge >= 0.3 is 12.4 Å². The Balaban J connectivity index is 1.74. The quantitative estimate of drug-likeness (QED) is 0.0165. The van der Waals surface area contributed by atoms with Crippen molar-refractivity contribution in [1.82, 2.24) is 31.6 Å². The van der Waals surface area contributed by atoms with Crippen LogP contribution in [0.1, 0.15) is 28.4 Å². The lowest BCUT2D eigenvalue weighted by molar-refractivity contribution is -0.142. The van der Waals surface area contributed by atoms with E-state index >= 15 is 0 Å². The number of carbonyl (C=O) groups excluding carboxylic acids is 6. The van der Waals surface area contributed by atoms with E-state index < -0.39 is 143 Å². The van der Waals surface area contributed by atoms with Gasteiger partial charge in [0.05, 0.1) is 16.8 Å². The van der Waals surface area contributed by atoms with Crippen molar-refractivity contribution in [2.24, 2.45) is 71.6 Å². The normalized spacial score (nSPS) is 13.7. The molecule has 0 aliphatic carbocycles. The molecule has 24 N–H and O–H groups in total. The van der Waals surface area contributed by atoms with Crippen LogP contribution in [0, 0.1) is 0 Å². The monoisotopic (exact) mass is 1060 g/mol. The molecule has 4 aromatic rings. The number of anilines is 1. The van der Waals surface area contributed by atoms with E-state index in [0.717, 1.165) is 12.1 Å². The lowest BCUT2D eigenvalue weighted by atomic mass is 10.0. The maximum Gasteiger partial charge on any atom is 0.433 e. The van der Waals surface area contributed by atoms with Crippen LogP contribution in [-0.2, 0) is 41.1 Å². The van der Waals surface area contributed by atoms with Crippen molar-refractivity contribution in [3.8, 4) is 0 Å². The summed E-state index contributed by atoms with van der Waals surface area (Å²) >= 11 is 0. The average Bonchev–Trinajstić information content (AvgIpc) is 3.32. The van der Waals surface area contributed by atoms with Crippen LogP contribution in [-0.4, -0.2) is 107 Å². The Hall–Kier alpha value is -9.95. The highest BCUT2D eigenvalue weighted by Crippen LogP contribution is 2.40. The van der Waals surface area contributed by atoms with Crippen molar-refractivity contribution < 1.29 is 60.2 Å². The van der Waals surface area contributed by atoms with E-state index in [1.54, 1.807) is 30.3 Å². The van der Waals surface area contributed by atoms with Crippen molar-refractivity contribution in [3.63, 3.8) is 0 Å². The average molecular weight is 1060 g/mol. The molecule has 0 bridgehead atoms. The standard InChI is InChI=1S/C42H48F6N20O7/c43-41(44,45)21-15-7-14-20-22(17-23(42(46,47)48)58-25(20)21)68(16-8-11-18-9-3-1-4-10-18)36(75)35(74)59-24(19-12-5-2-6-13-19)31(70)61-28(65-38(52)53)33(72)63-30(67-40(56)57)34(73)62-29(66-39(54)55)32(71)60-27(26(49)69)64-37(50)51/h1-15,17,24,27-30,36,75H,16H2,(H2,49,69)(H,59,74)(H,60,71)(H,61,70)(H,62,73)(H,63,72)(H4,50,51,64)(H4,52,53,65)(H4,54,55,66)(H4,56,57,67)/b11-8-. The molecule has 6 atom stereocenters. The Bertz CT molecular complexity index is 2890. The van der Waals surface area contributed by atoms with Crippen LogP contribution in [0.3, 0.4) is 0 Å². The number of fused-ring (bicyclic) bond motifs is 1. The number of aliphatic hydroxyl groups excluding tert-OH is 1. The molecule has 0 radical (unpaired) electrons. The molecule has 3 aromatic carbocycles. The second-order valence-electron chi connectivity index (χ2n) is 15.2. The summed E-state index contributed by atoms with van der Waals surface area (Å²) in [6, 6.07) is 15.6.